The third kappa shape index (κ3) is 2.11. The maximum Gasteiger partial charge on any atom is 0.150 e. The Labute approximate surface area is 111 Å². The van der Waals surface area contributed by atoms with Gasteiger partial charge in [0.1, 0.15) is 0 Å². The number of carbonyl (C=O) groups excluding carboxylic acids is 1. The lowest BCUT2D eigenvalue weighted by Crippen LogP contribution is -1.88. The van der Waals surface area contributed by atoms with E-state index in [0.29, 0.717) is 5.56 Å². The molecule has 0 saturated carbocycles. The fourth-order valence-corrected chi connectivity index (χ4v) is 2.40. The van der Waals surface area contributed by atoms with Gasteiger partial charge in [0.15, 0.2) is 6.29 Å². The van der Waals surface area contributed by atoms with Gasteiger partial charge in [-0.2, -0.15) is 0 Å². The first-order chi connectivity index (χ1) is 7.74. The van der Waals surface area contributed by atoms with Gasteiger partial charge in [0.05, 0.1) is 0 Å². The van der Waals surface area contributed by atoms with Crippen molar-refractivity contribution in [3.63, 3.8) is 0 Å². The van der Waals surface area contributed by atoms with E-state index in [2.05, 4.69) is 31.9 Å². The molecule has 0 aliphatic heterocycles. The Morgan fingerprint density at radius 3 is 2.31 bits per heavy atom. The first-order valence-electron chi connectivity index (χ1n) is 4.72. The Morgan fingerprint density at radius 1 is 0.875 bits per heavy atom. The van der Waals surface area contributed by atoms with E-state index in [0.717, 1.165) is 26.4 Å². The van der Waals surface area contributed by atoms with Gasteiger partial charge in [-0.05, 0) is 49.1 Å². The number of aldehydes is 1. The zero-order valence-electron chi connectivity index (χ0n) is 8.28. The summed E-state index contributed by atoms with van der Waals surface area (Å²) < 4.78 is 1.94. The highest BCUT2D eigenvalue weighted by atomic mass is 79.9. The molecule has 0 aromatic heterocycles. The van der Waals surface area contributed by atoms with Crippen LogP contribution in [0.15, 0.2) is 51.4 Å². The van der Waals surface area contributed by atoms with Crippen molar-refractivity contribution >= 4 is 38.1 Å². The minimum absolute atomic E-state index is 0.696. The van der Waals surface area contributed by atoms with E-state index < -0.39 is 0 Å². The normalized spacial score (nSPS) is 10.1. The molecule has 2 aromatic rings. The van der Waals surface area contributed by atoms with Crippen molar-refractivity contribution in [3.05, 3.63) is 57.0 Å². The van der Waals surface area contributed by atoms with Crippen LogP contribution in [0.3, 0.4) is 0 Å². The van der Waals surface area contributed by atoms with Crippen LogP contribution in [-0.2, 0) is 0 Å². The smallest absolute Gasteiger partial charge is 0.150 e. The lowest BCUT2D eigenvalue weighted by molar-refractivity contribution is 0.112. The number of rotatable bonds is 2. The Morgan fingerprint density at radius 2 is 1.56 bits per heavy atom. The van der Waals surface area contributed by atoms with E-state index in [1.54, 1.807) is 0 Å². The summed E-state index contributed by atoms with van der Waals surface area (Å²) in [6.45, 7) is 0. The second kappa shape index (κ2) is 4.93. The summed E-state index contributed by atoms with van der Waals surface area (Å²) in [6.07, 6.45) is 0.878. The summed E-state index contributed by atoms with van der Waals surface area (Å²) in [4.78, 5) is 11.0. The van der Waals surface area contributed by atoms with Gasteiger partial charge in [0, 0.05) is 14.5 Å². The number of hydrogen-bond acceptors (Lipinski definition) is 1. The molecular formula is C13H8Br2O. The molecule has 2 aromatic carbocycles. The SMILES string of the molecule is O=Cc1ccccc1-c1cccc(Br)c1Br. The van der Waals surface area contributed by atoms with Crippen LogP contribution in [0.25, 0.3) is 11.1 Å². The van der Waals surface area contributed by atoms with Gasteiger partial charge in [-0.25, -0.2) is 0 Å². The molecule has 0 radical (unpaired) electrons. The predicted molar refractivity (Wildman–Crippen MR) is 72.7 cm³/mol. The quantitative estimate of drug-likeness (QED) is 0.725. The average Bonchev–Trinajstić information content (AvgIpc) is 2.33. The first-order valence-corrected chi connectivity index (χ1v) is 6.31. The van der Waals surface area contributed by atoms with Gasteiger partial charge in [-0.15, -0.1) is 0 Å². The van der Waals surface area contributed by atoms with Gasteiger partial charge in [0.25, 0.3) is 0 Å². The van der Waals surface area contributed by atoms with Gasteiger partial charge in [0.2, 0.25) is 0 Å². The molecule has 0 aliphatic rings. The Balaban J connectivity index is 2.67. The molecule has 0 spiro atoms. The zero-order valence-corrected chi connectivity index (χ0v) is 11.5. The van der Waals surface area contributed by atoms with Crippen molar-refractivity contribution in [1.82, 2.24) is 0 Å². The molecule has 0 fully saturated rings. The predicted octanol–water partition coefficient (Wildman–Crippen LogP) is 4.69. The molecule has 0 aliphatic carbocycles. The highest BCUT2D eigenvalue weighted by Gasteiger charge is 2.08. The summed E-state index contributed by atoms with van der Waals surface area (Å²) in [5.74, 6) is 0. The summed E-state index contributed by atoms with van der Waals surface area (Å²) in [5, 5.41) is 0. The Hall–Kier alpha value is -0.930. The van der Waals surface area contributed by atoms with Gasteiger partial charge in [-0.3, -0.25) is 4.79 Å². The van der Waals surface area contributed by atoms with Crippen molar-refractivity contribution in [1.29, 1.82) is 0 Å². The Bertz CT molecular complexity index is 535. The van der Waals surface area contributed by atoms with E-state index >= 15 is 0 Å². The fraction of sp³-hybridized carbons (Fsp3) is 0. The summed E-state index contributed by atoms with van der Waals surface area (Å²) in [7, 11) is 0. The van der Waals surface area contributed by atoms with Gasteiger partial charge >= 0.3 is 0 Å². The van der Waals surface area contributed by atoms with Crippen molar-refractivity contribution in [2.24, 2.45) is 0 Å². The van der Waals surface area contributed by atoms with E-state index in [1.807, 2.05) is 42.5 Å². The van der Waals surface area contributed by atoms with Crippen LogP contribution >= 0.6 is 31.9 Å². The van der Waals surface area contributed by atoms with E-state index in [9.17, 15) is 4.79 Å². The monoisotopic (exact) mass is 338 g/mol. The largest absolute Gasteiger partial charge is 0.298 e. The third-order valence-corrected chi connectivity index (χ3v) is 4.38. The minimum atomic E-state index is 0.696. The molecule has 3 heteroatoms. The van der Waals surface area contributed by atoms with Crippen LogP contribution in [0.5, 0.6) is 0 Å². The van der Waals surface area contributed by atoms with Crippen molar-refractivity contribution < 1.29 is 4.79 Å². The number of benzene rings is 2. The lowest BCUT2D eigenvalue weighted by Gasteiger charge is -2.08. The standard InChI is InChI=1S/C13H8Br2O/c14-12-7-3-6-11(13(12)15)10-5-2-1-4-9(10)8-16/h1-8H. The highest BCUT2D eigenvalue weighted by molar-refractivity contribution is 9.13. The maximum atomic E-state index is 11.0. The van der Waals surface area contributed by atoms with Crippen molar-refractivity contribution in [2.75, 3.05) is 0 Å². The average molecular weight is 340 g/mol. The third-order valence-electron chi connectivity index (χ3n) is 2.33. The summed E-state index contributed by atoms with van der Waals surface area (Å²) in [5.41, 5.74) is 2.64. The van der Waals surface area contributed by atoms with Gasteiger partial charge in [-0.1, -0.05) is 36.4 Å². The van der Waals surface area contributed by atoms with Crippen LogP contribution in [0, 0.1) is 0 Å². The van der Waals surface area contributed by atoms with Gasteiger partial charge < -0.3 is 0 Å². The molecule has 80 valence electrons. The van der Waals surface area contributed by atoms with Crippen molar-refractivity contribution in [3.8, 4) is 11.1 Å². The topological polar surface area (TPSA) is 17.1 Å². The molecule has 0 atom stereocenters. The second-order valence-electron chi connectivity index (χ2n) is 3.31. The van der Waals surface area contributed by atoms with Crippen LogP contribution < -0.4 is 0 Å². The second-order valence-corrected chi connectivity index (χ2v) is 4.95. The highest BCUT2D eigenvalue weighted by Crippen LogP contribution is 2.35. The van der Waals surface area contributed by atoms with Crippen LogP contribution in [0.4, 0.5) is 0 Å². The molecule has 0 saturated heterocycles. The molecule has 0 amide bonds. The molecule has 1 nitrogen and oxygen atoms in total. The molecule has 2 rings (SSSR count). The summed E-state index contributed by atoms with van der Waals surface area (Å²) >= 11 is 6.97. The van der Waals surface area contributed by atoms with Crippen molar-refractivity contribution in [2.45, 2.75) is 0 Å². The maximum absolute atomic E-state index is 11.0. The number of hydrogen-bond donors (Lipinski definition) is 0. The number of halogens is 2. The molecule has 0 N–H and O–H groups in total. The first kappa shape index (κ1) is 11.6. The Kier molecular flexibility index (Phi) is 3.56. The van der Waals surface area contributed by atoms with E-state index in [-0.39, 0.29) is 0 Å². The van der Waals surface area contributed by atoms with Crippen LogP contribution in [0.2, 0.25) is 0 Å². The lowest BCUT2D eigenvalue weighted by atomic mass is 10.0. The number of carbonyl (C=O) groups is 1. The fourth-order valence-electron chi connectivity index (χ4n) is 1.56. The van der Waals surface area contributed by atoms with E-state index in [4.69, 9.17) is 0 Å². The minimum Gasteiger partial charge on any atom is -0.298 e. The zero-order chi connectivity index (χ0) is 11.5. The van der Waals surface area contributed by atoms with Crippen LogP contribution in [-0.4, -0.2) is 6.29 Å². The molecule has 16 heavy (non-hydrogen) atoms. The molecule has 0 heterocycles. The summed E-state index contributed by atoms with van der Waals surface area (Å²) in [6, 6.07) is 13.4. The van der Waals surface area contributed by atoms with Crippen LogP contribution in [0.1, 0.15) is 10.4 Å². The molecular weight excluding hydrogens is 332 g/mol. The molecule has 0 bridgehead atoms. The van der Waals surface area contributed by atoms with E-state index in [1.165, 1.54) is 0 Å². The molecule has 0 unspecified atom stereocenters.